The van der Waals surface area contributed by atoms with Gasteiger partial charge in [0.25, 0.3) is 0 Å². The highest BCUT2D eigenvalue weighted by Gasteiger charge is 2.31. The molecule has 0 atom stereocenters. The van der Waals surface area contributed by atoms with Gasteiger partial charge in [-0.05, 0) is 24.3 Å². The van der Waals surface area contributed by atoms with Gasteiger partial charge in [0.2, 0.25) is 0 Å². The van der Waals surface area contributed by atoms with Crippen LogP contribution in [0, 0.1) is 0 Å². The molecular weight excluding hydrogens is 296 g/mol. The third-order valence-electron chi connectivity index (χ3n) is 4.45. The van der Waals surface area contributed by atoms with Crippen LogP contribution in [0.25, 0.3) is 0 Å². The highest BCUT2D eigenvalue weighted by atomic mass is 15.6. The van der Waals surface area contributed by atoms with Crippen molar-refractivity contribution in [3.63, 3.8) is 0 Å². The van der Waals surface area contributed by atoms with Gasteiger partial charge in [0.1, 0.15) is 0 Å². The third kappa shape index (κ3) is 3.77. The lowest BCUT2D eigenvalue weighted by molar-refractivity contribution is -0.921. The lowest BCUT2D eigenvalue weighted by Gasteiger charge is -2.32. The van der Waals surface area contributed by atoms with E-state index in [0.29, 0.717) is 4.59 Å². The van der Waals surface area contributed by atoms with Gasteiger partial charge in [0.15, 0.2) is 6.04 Å². The predicted octanol–water partition coefficient (Wildman–Crippen LogP) is 3.60. The van der Waals surface area contributed by atoms with E-state index in [1.54, 1.807) is 0 Å². The predicted molar refractivity (Wildman–Crippen MR) is 105 cm³/mol. The third-order valence-corrected chi connectivity index (χ3v) is 4.45. The Kier molecular flexibility index (Phi) is 5.30. The molecule has 0 fully saturated rings. The van der Waals surface area contributed by atoms with E-state index in [2.05, 4.69) is 112 Å². The largest absolute Gasteiger partial charge is 0.378 e. The van der Waals surface area contributed by atoms with Crippen molar-refractivity contribution >= 4 is 18.1 Å². The van der Waals surface area contributed by atoms with Gasteiger partial charge in [-0.1, -0.05) is 29.4 Å². The molecule has 0 spiro atoms. The summed E-state index contributed by atoms with van der Waals surface area (Å²) in [5, 5.41) is 4.36. The Labute approximate surface area is 146 Å². The van der Waals surface area contributed by atoms with Crippen LogP contribution in [0.1, 0.15) is 17.2 Å². The molecule has 4 heteroatoms. The second-order valence-electron chi connectivity index (χ2n) is 6.99. The summed E-state index contributed by atoms with van der Waals surface area (Å²) in [7, 11) is 12.4. The van der Waals surface area contributed by atoms with Crippen LogP contribution >= 0.6 is 0 Å². The van der Waals surface area contributed by atoms with Crippen molar-refractivity contribution in [1.29, 1.82) is 0 Å². The van der Waals surface area contributed by atoms with E-state index in [1.165, 1.54) is 22.5 Å². The molecule has 0 bridgehead atoms. The maximum absolute atomic E-state index is 4.36. The summed E-state index contributed by atoms with van der Waals surface area (Å²) in [6.45, 7) is 3.80. The molecule has 128 valence electrons. The van der Waals surface area contributed by atoms with Crippen molar-refractivity contribution < 1.29 is 4.59 Å². The minimum Gasteiger partial charge on any atom is -0.378 e. The molecule has 0 N–H and O–H groups in total. The van der Waals surface area contributed by atoms with E-state index in [1.807, 2.05) is 0 Å². The van der Waals surface area contributed by atoms with Gasteiger partial charge < -0.3 is 9.80 Å². The van der Waals surface area contributed by atoms with Crippen molar-refractivity contribution in [3.8, 4) is 0 Å². The fourth-order valence-electron chi connectivity index (χ4n) is 2.91. The number of hydrogen-bond acceptors (Lipinski definition) is 3. The summed E-state index contributed by atoms with van der Waals surface area (Å²) in [6, 6.07) is 17.5. The van der Waals surface area contributed by atoms with Crippen LogP contribution in [0.5, 0.6) is 0 Å². The maximum atomic E-state index is 4.36. The molecule has 0 radical (unpaired) electrons. The van der Waals surface area contributed by atoms with Crippen LogP contribution < -0.4 is 9.80 Å². The van der Waals surface area contributed by atoms with Gasteiger partial charge in [0, 0.05) is 57.4 Å². The van der Waals surface area contributed by atoms with Crippen LogP contribution in [-0.2, 0) is 0 Å². The summed E-state index contributed by atoms with van der Waals surface area (Å²) in [6.07, 6.45) is 0. The molecule has 0 heterocycles. The smallest absolute Gasteiger partial charge is 0.164 e. The molecule has 0 saturated carbocycles. The fourth-order valence-corrected chi connectivity index (χ4v) is 2.91. The van der Waals surface area contributed by atoms with Crippen molar-refractivity contribution in [2.24, 2.45) is 5.10 Å². The van der Waals surface area contributed by atoms with Crippen LogP contribution in [0.15, 0.2) is 53.6 Å². The highest BCUT2D eigenvalue weighted by molar-refractivity contribution is 5.50. The first-order valence-corrected chi connectivity index (χ1v) is 8.13. The van der Waals surface area contributed by atoms with E-state index in [9.17, 15) is 0 Å². The van der Waals surface area contributed by atoms with Crippen molar-refractivity contribution in [2.75, 3.05) is 52.1 Å². The summed E-state index contributed by atoms with van der Waals surface area (Å²) in [5.74, 6) is 0. The van der Waals surface area contributed by atoms with Gasteiger partial charge in [0.05, 0.1) is 14.1 Å². The molecule has 0 aromatic heterocycles. The first-order valence-electron chi connectivity index (χ1n) is 8.13. The molecule has 2 aromatic rings. The lowest BCUT2D eigenvalue weighted by atomic mass is 9.96. The molecule has 24 heavy (non-hydrogen) atoms. The number of nitrogens with zero attached hydrogens (tertiary/aromatic N) is 4. The first kappa shape index (κ1) is 18.0. The average molecular weight is 325 g/mol. The first-order chi connectivity index (χ1) is 11.3. The van der Waals surface area contributed by atoms with Gasteiger partial charge in [-0.3, -0.25) is 0 Å². The SMILES string of the molecule is C=N[N+](C)(C)C(c1ccc(N(C)C)cc1)c1ccc(N(C)C)cc1. The Morgan fingerprint density at radius 3 is 1.33 bits per heavy atom. The molecule has 0 aliphatic heterocycles. The zero-order valence-corrected chi connectivity index (χ0v) is 15.7. The summed E-state index contributed by atoms with van der Waals surface area (Å²) in [5.41, 5.74) is 4.85. The normalized spacial score (nSPS) is 11.5. The molecule has 0 aliphatic rings. The standard InChI is InChI=1S/C20H29N4/c1-21-24(6,7)20(16-8-12-18(13-9-16)22(2)3)17-10-14-19(15-11-17)23(4)5/h8-15,20H,1H2,2-7H3/q+1. The molecule has 0 amide bonds. The molecule has 0 unspecified atom stereocenters. The fraction of sp³-hybridized carbons (Fsp3) is 0.350. The molecular formula is C20H29N4+. The van der Waals surface area contributed by atoms with Crippen LogP contribution in [0.3, 0.4) is 0 Å². The van der Waals surface area contributed by atoms with Gasteiger partial charge in [-0.15, -0.1) is 0 Å². The maximum Gasteiger partial charge on any atom is 0.164 e. The van der Waals surface area contributed by atoms with Gasteiger partial charge in [-0.2, -0.15) is 4.59 Å². The Morgan fingerprint density at radius 1 is 0.750 bits per heavy atom. The molecule has 2 rings (SSSR count). The molecule has 2 aromatic carbocycles. The molecule has 0 saturated heterocycles. The minimum absolute atomic E-state index is 0.106. The lowest BCUT2D eigenvalue weighted by Crippen LogP contribution is -2.38. The number of quaternary nitrogens is 1. The van der Waals surface area contributed by atoms with E-state index in [0.717, 1.165) is 0 Å². The summed E-state index contributed by atoms with van der Waals surface area (Å²) >= 11 is 0. The second kappa shape index (κ2) is 7.05. The van der Waals surface area contributed by atoms with E-state index in [4.69, 9.17) is 0 Å². The zero-order chi connectivity index (χ0) is 17.9. The summed E-state index contributed by atoms with van der Waals surface area (Å²) in [4.78, 5) is 4.22. The van der Waals surface area contributed by atoms with E-state index in [-0.39, 0.29) is 6.04 Å². The Morgan fingerprint density at radius 2 is 1.08 bits per heavy atom. The van der Waals surface area contributed by atoms with E-state index < -0.39 is 0 Å². The monoisotopic (exact) mass is 325 g/mol. The summed E-state index contributed by atoms with van der Waals surface area (Å²) < 4.78 is 0.447. The Bertz CT molecular complexity index is 618. The van der Waals surface area contributed by atoms with Gasteiger partial charge >= 0.3 is 0 Å². The average Bonchev–Trinajstić information content (AvgIpc) is 2.56. The van der Waals surface area contributed by atoms with Crippen LogP contribution in [0.4, 0.5) is 11.4 Å². The second-order valence-corrected chi connectivity index (χ2v) is 6.99. The van der Waals surface area contributed by atoms with E-state index >= 15 is 0 Å². The van der Waals surface area contributed by atoms with Crippen molar-refractivity contribution in [2.45, 2.75) is 6.04 Å². The number of rotatable bonds is 6. The van der Waals surface area contributed by atoms with Crippen LogP contribution in [-0.4, -0.2) is 53.6 Å². The van der Waals surface area contributed by atoms with Crippen LogP contribution in [0.2, 0.25) is 0 Å². The Hall–Kier alpha value is -2.33. The van der Waals surface area contributed by atoms with Crippen molar-refractivity contribution in [3.05, 3.63) is 59.7 Å². The number of benzene rings is 2. The number of anilines is 2. The quantitative estimate of drug-likeness (QED) is 0.459. The number of hydrogen-bond donors (Lipinski definition) is 0. The zero-order valence-electron chi connectivity index (χ0n) is 15.7. The molecule has 0 aliphatic carbocycles. The Balaban J connectivity index is 2.47. The molecule has 4 nitrogen and oxygen atoms in total. The topological polar surface area (TPSA) is 18.8 Å². The highest BCUT2D eigenvalue weighted by Crippen LogP contribution is 2.34. The van der Waals surface area contributed by atoms with Gasteiger partial charge in [-0.25, -0.2) is 0 Å². The van der Waals surface area contributed by atoms with Crippen molar-refractivity contribution in [1.82, 2.24) is 0 Å². The minimum atomic E-state index is 0.106.